The van der Waals surface area contributed by atoms with Crippen molar-refractivity contribution in [2.45, 2.75) is 60.8 Å². The van der Waals surface area contributed by atoms with Crippen LogP contribution in [0.15, 0.2) is 54.6 Å². The molecule has 1 spiro atoms. The Morgan fingerprint density at radius 1 is 1.14 bits per heavy atom. The second kappa shape index (κ2) is 11.7. The summed E-state index contributed by atoms with van der Waals surface area (Å²) < 4.78 is 37.2. The lowest BCUT2D eigenvalue weighted by Gasteiger charge is -2.57. The largest absolute Gasteiger partial charge is 0.508 e. The summed E-state index contributed by atoms with van der Waals surface area (Å²) in [5.41, 5.74) is 0.530. The maximum atomic E-state index is 12.4. The molecule has 5 aliphatic rings. The summed E-state index contributed by atoms with van der Waals surface area (Å²) in [5, 5.41) is 69.2. The Morgan fingerprint density at radius 2 is 1.96 bits per heavy atom. The van der Waals surface area contributed by atoms with Gasteiger partial charge in [-0.2, -0.15) is 0 Å². The minimum atomic E-state index is -2.39. The Balaban J connectivity index is 1.23. The van der Waals surface area contributed by atoms with E-state index in [2.05, 4.69) is 10.6 Å². The topological polar surface area (TPSA) is 218 Å². The number of ether oxygens (including phenoxy) is 6. The predicted octanol–water partition coefficient (Wildman–Crippen LogP) is 1.36. The van der Waals surface area contributed by atoms with Crippen molar-refractivity contribution in [2.24, 2.45) is 0 Å². The van der Waals surface area contributed by atoms with Gasteiger partial charge in [-0.3, -0.25) is 5.32 Å². The number of hydrogen-bond donors (Lipinski definition) is 8. The molecule has 50 heavy (non-hydrogen) atoms. The Morgan fingerprint density at radius 3 is 2.70 bits per heavy atom. The average Bonchev–Trinajstić information content (AvgIpc) is 3.49. The number of carbonyl (C=O) groups is 1. The van der Waals surface area contributed by atoms with Crippen molar-refractivity contribution >= 4 is 11.7 Å². The molecule has 9 unspecified atom stereocenters. The summed E-state index contributed by atoms with van der Waals surface area (Å²) >= 11 is 0. The Labute approximate surface area is 285 Å². The van der Waals surface area contributed by atoms with Crippen LogP contribution < -0.4 is 34.3 Å². The molecule has 9 atom stereocenters. The summed E-state index contributed by atoms with van der Waals surface area (Å²) in [7, 11) is 1.52. The number of aliphatic carboxylic acids is 1. The first-order valence-electron chi connectivity index (χ1n) is 16.1. The van der Waals surface area contributed by atoms with Crippen LogP contribution in [0.2, 0.25) is 0 Å². The average molecular weight is 693 g/mol. The first-order chi connectivity index (χ1) is 24.0. The maximum Gasteiger partial charge on any atom is 0.343 e. The highest BCUT2D eigenvalue weighted by Crippen LogP contribution is 2.62. The molecule has 8 N–H and O–H groups in total. The van der Waals surface area contributed by atoms with E-state index in [-0.39, 0.29) is 30.8 Å². The van der Waals surface area contributed by atoms with Crippen molar-refractivity contribution in [3.63, 3.8) is 0 Å². The van der Waals surface area contributed by atoms with Gasteiger partial charge < -0.3 is 64.4 Å². The van der Waals surface area contributed by atoms with Gasteiger partial charge in [0.1, 0.15) is 42.5 Å². The number of carboxylic acids is 1. The highest BCUT2D eigenvalue weighted by molar-refractivity contribution is 5.85. The highest BCUT2D eigenvalue weighted by atomic mass is 16.7. The van der Waals surface area contributed by atoms with Crippen LogP contribution in [-0.4, -0.2) is 105 Å². The highest BCUT2D eigenvalue weighted by Gasteiger charge is 2.70. The molecule has 0 amide bonds. The number of carboxylic acid groups (broad SMARTS) is 1. The van der Waals surface area contributed by atoms with E-state index >= 15 is 0 Å². The third kappa shape index (κ3) is 4.62. The number of methoxy groups -OCH3 is 1. The third-order valence-corrected chi connectivity index (χ3v) is 9.92. The fourth-order valence-corrected chi connectivity index (χ4v) is 7.54. The van der Waals surface area contributed by atoms with E-state index < -0.39 is 53.9 Å². The van der Waals surface area contributed by atoms with E-state index in [0.29, 0.717) is 51.9 Å². The molecule has 3 aromatic rings. The minimum Gasteiger partial charge on any atom is -0.508 e. The van der Waals surface area contributed by atoms with Crippen LogP contribution >= 0.6 is 0 Å². The van der Waals surface area contributed by atoms with Crippen LogP contribution in [0.1, 0.15) is 30.1 Å². The zero-order valence-corrected chi connectivity index (χ0v) is 26.9. The monoisotopic (exact) mass is 692 g/mol. The molecule has 0 aliphatic carbocycles. The molecule has 1 fully saturated rings. The summed E-state index contributed by atoms with van der Waals surface area (Å²) in [6.45, 7) is 2.31. The summed E-state index contributed by atoms with van der Waals surface area (Å²) in [4.78, 5) is 12.4. The van der Waals surface area contributed by atoms with Gasteiger partial charge in [-0.05, 0) is 48.4 Å². The summed E-state index contributed by atoms with van der Waals surface area (Å²) in [6, 6.07) is 10.8. The zero-order chi connectivity index (χ0) is 35.1. The molecule has 15 nitrogen and oxygen atoms in total. The van der Waals surface area contributed by atoms with Gasteiger partial charge in [-0.1, -0.05) is 24.3 Å². The lowest BCUT2D eigenvalue weighted by atomic mass is 9.76. The molecule has 0 radical (unpaired) electrons. The van der Waals surface area contributed by atoms with Gasteiger partial charge >= 0.3 is 5.97 Å². The van der Waals surface area contributed by atoms with E-state index in [1.54, 1.807) is 37.3 Å². The van der Waals surface area contributed by atoms with Gasteiger partial charge in [0, 0.05) is 17.7 Å². The SMILES string of the molecule is COc1c(OCNCC(C)O)ccc2c1OC1c3c(-c4cccc(O)c4)cc4c(c3OCC21)NC1C=CC2(C(=O)O)OC1(O4)C(O)C(O)C2O. The molecule has 5 heterocycles. The molecule has 3 aromatic carbocycles. The van der Waals surface area contributed by atoms with Crippen LogP contribution in [0.25, 0.3) is 11.1 Å². The number of aliphatic hydroxyl groups is 4. The van der Waals surface area contributed by atoms with Crippen molar-refractivity contribution in [3.8, 4) is 45.6 Å². The van der Waals surface area contributed by atoms with E-state index in [9.17, 15) is 35.4 Å². The van der Waals surface area contributed by atoms with Crippen LogP contribution in [-0.2, 0) is 9.53 Å². The third-order valence-electron chi connectivity index (χ3n) is 9.92. The lowest BCUT2D eigenvalue weighted by molar-refractivity contribution is -0.356. The van der Waals surface area contributed by atoms with Crippen LogP contribution in [0, 0.1) is 0 Å². The Hall–Kier alpha value is -4.77. The molecule has 5 aliphatic heterocycles. The van der Waals surface area contributed by atoms with Crippen LogP contribution in [0.5, 0.6) is 34.5 Å². The summed E-state index contributed by atoms with van der Waals surface area (Å²) in [6.07, 6.45) is -4.39. The molecule has 0 aromatic heterocycles. The van der Waals surface area contributed by atoms with E-state index in [1.165, 1.54) is 19.3 Å². The molecular weight excluding hydrogens is 656 g/mol. The number of benzene rings is 3. The smallest absolute Gasteiger partial charge is 0.343 e. The number of rotatable bonds is 8. The fraction of sp³-hybridized carbons (Fsp3) is 0.400. The quantitative estimate of drug-likeness (QED) is 0.0950. The molecule has 8 rings (SSSR count). The van der Waals surface area contributed by atoms with Gasteiger partial charge in [0.05, 0.1) is 25.7 Å². The fourth-order valence-electron chi connectivity index (χ4n) is 7.54. The second-order valence-electron chi connectivity index (χ2n) is 13.0. The maximum absolute atomic E-state index is 12.4. The van der Waals surface area contributed by atoms with Gasteiger partial charge in [-0.15, -0.1) is 0 Å². The van der Waals surface area contributed by atoms with Crippen molar-refractivity contribution in [3.05, 3.63) is 65.7 Å². The predicted molar refractivity (Wildman–Crippen MR) is 173 cm³/mol. The molecule has 2 bridgehead atoms. The molecule has 0 saturated carbocycles. The Kier molecular flexibility index (Phi) is 7.56. The summed E-state index contributed by atoms with van der Waals surface area (Å²) in [5.74, 6) is -2.27. The standard InChI is InChI=1S/C35H36N2O13/c1-15(38)12-36-14-47-21-7-6-18-20-13-46-30-24(27(20)48-28(18)29(21)45-2)19(16-4-3-5-17(39)10-16)11-22-25(30)37-23-8-9-34(33(43)44)31(41)26(40)32(42)35(23,49-22)50-34/h3-11,15,20,23,26-27,31-32,36-42H,12-14H2,1-2H3,(H,43,44). The second-order valence-corrected chi connectivity index (χ2v) is 13.0. The zero-order valence-electron chi connectivity index (χ0n) is 26.9. The van der Waals surface area contributed by atoms with E-state index in [1.807, 2.05) is 6.07 Å². The van der Waals surface area contributed by atoms with Crippen molar-refractivity contribution in [2.75, 3.05) is 32.3 Å². The van der Waals surface area contributed by atoms with Crippen LogP contribution in [0.4, 0.5) is 5.69 Å². The molecule has 264 valence electrons. The number of aliphatic hydroxyl groups excluding tert-OH is 4. The van der Waals surface area contributed by atoms with Crippen LogP contribution in [0.3, 0.4) is 0 Å². The van der Waals surface area contributed by atoms with Crippen molar-refractivity contribution in [1.82, 2.24) is 5.32 Å². The van der Waals surface area contributed by atoms with E-state index in [4.69, 9.17) is 28.4 Å². The number of fused-ring (bicyclic) bond motifs is 8. The molecular formula is C35H36N2O13. The number of hydrogen-bond acceptors (Lipinski definition) is 14. The van der Waals surface area contributed by atoms with E-state index in [0.717, 1.165) is 11.6 Å². The number of phenols is 1. The first kappa shape index (κ1) is 32.4. The van der Waals surface area contributed by atoms with Gasteiger partial charge in [-0.25, -0.2) is 4.79 Å². The lowest BCUT2D eigenvalue weighted by Crippen LogP contribution is -2.79. The number of aromatic hydroxyl groups is 1. The normalized spacial score (nSPS) is 31.6. The Bertz CT molecular complexity index is 1900. The van der Waals surface area contributed by atoms with Gasteiger partial charge in [0.25, 0.3) is 5.79 Å². The number of anilines is 1. The molecule has 15 heteroatoms. The minimum absolute atomic E-state index is 0.00459. The van der Waals surface area contributed by atoms with Crippen molar-refractivity contribution < 1.29 is 63.9 Å². The number of phenolic OH excluding ortho intramolecular Hbond substituents is 1. The van der Waals surface area contributed by atoms with Crippen molar-refractivity contribution in [1.29, 1.82) is 0 Å². The molecule has 1 saturated heterocycles. The van der Waals surface area contributed by atoms with Gasteiger partial charge in [0.15, 0.2) is 29.1 Å². The van der Waals surface area contributed by atoms with Gasteiger partial charge in [0.2, 0.25) is 11.4 Å². The number of nitrogens with one attached hydrogen (secondary N) is 2. The first-order valence-corrected chi connectivity index (χ1v) is 16.1.